The lowest BCUT2D eigenvalue weighted by Crippen LogP contribution is -2.21. The number of nitrogens with one attached hydrogen (secondary N) is 1. The molecular formula is C15H21NO. The van der Waals surface area contributed by atoms with Crippen molar-refractivity contribution < 1.29 is 4.74 Å². The zero-order chi connectivity index (χ0) is 12.1. The summed E-state index contributed by atoms with van der Waals surface area (Å²) in [6.07, 6.45) is 4.49. The fraction of sp³-hybridized carbons (Fsp3) is 0.467. The molecule has 0 spiro atoms. The summed E-state index contributed by atoms with van der Waals surface area (Å²) in [7, 11) is 0. The van der Waals surface area contributed by atoms with Gasteiger partial charge >= 0.3 is 0 Å². The summed E-state index contributed by atoms with van der Waals surface area (Å²) in [5.74, 6) is 0.905. The second-order valence-electron chi connectivity index (χ2n) is 5.16. The third-order valence-electron chi connectivity index (χ3n) is 3.28. The van der Waals surface area contributed by atoms with E-state index in [1.54, 1.807) is 6.08 Å². The normalized spacial score (nSPS) is 16.5. The molecule has 0 atom stereocenters. The number of hydrogen-bond donors (Lipinski definition) is 1. The molecule has 0 saturated heterocycles. The molecule has 0 aromatic heterocycles. The molecule has 2 heteroatoms. The predicted octanol–water partition coefficient (Wildman–Crippen LogP) is 3.14. The van der Waals surface area contributed by atoms with E-state index in [4.69, 9.17) is 4.74 Å². The summed E-state index contributed by atoms with van der Waals surface area (Å²) in [4.78, 5) is 0. The van der Waals surface area contributed by atoms with Crippen molar-refractivity contribution in [2.24, 2.45) is 5.41 Å². The van der Waals surface area contributed by atoms with Gasteiger partial charge in [0, 0.05) is 13.1 Å². The SMILES string of the molecule is C=CCOc1ccc(CNCC2(C)CC2)cc1. The lowest BCUT2D eigenvalue weighted by molar-refractivity contribution is 0.363. The van der Waals surface area contributed by atoms with Crippen LogP contribution in [0.1, 0.15) is 25.3 Å². The highest BCUT2D eigenvalue weighted by Gasteiger charge is 2.36. The standard InChI is InChI=1S/C15H21NO/c1-3-10-17-14-6-4-13(5-7-14)11-16-12-15(2)8-9-15/h3-7,16H,1,8-12H2,2H3. The molecular weight excluding hydrogens is 210 g/mol. The van der Waals surface area contributed by atoms with Crippen LogP contribution in [0.5, 0.6) is 5.75 Å². The summed E-state index contributed by atoms with van der Waals surface area (Å²) >= 11 is 0. The van der Waals surface area contributed by atoms with Crippen molar-refractivity contribution in [1.82, 2.24) is 5.32 Å². The molecule has 1 fully saturated rings. The fourth-order valence-corrected chi connectivity index (χ4v) is 1.76. The lowest BCUT2D eigenvalue weighted by Gasteiger charge is -2.10. The van der Waals surface area contributed by atoms with Gasteiger partial charge in [0.1, 0.15) is 12.4 Å². The summed E-state index contributed by atoms with van der Waals surface area (Å²) in [5, 5.41) is 3.51. The average Bonchev–Trinajstić information content (AvgIpc) is 3.06. The highest BCUT2D eigenvalue weighted by molar-refractivity contribution is 5.27. The molecule has 1 aliphatic carbocycles. The molecule has 17 heavy (non-hydrogen) atoms. The van der Waals surface area contributed by atoms with E-state index >= 15 is 0 Å². The van der Waals surface area contributed by atoms with Crippen LogP contribution in [0.25, 0.3) is 0 Å². The summed E-state index contributed by atoms with van der Waals surface area (Å²) in [6, 6.07) is 8.25. The number of rotatable bonds is 7. The van der Waals surface area contributed by atoms with Gasteiger partial charge in [-0.05, 0) is 36.0 Å². The van der Waals surface area contributed by atoms with E-state index in [9.17, 15) is 0 Å². The maximum atomic E-state index is 5.44. The van der Waals surface area contributed by atoms with Gasteiger partial charge in [-0.3, -0.25) is 0 Å². The van der Waals surface area contributed by atoms with E-state index < -0.39 is 0 Å². The maximum absolute atomic E-state index is 5.44. The minimum Gasteiger partial charge on any atom is -0.490 e. The predicted molar refractivity (Wildman–Crippen MR) is 71.2 cm³/mol. The van der Waals surface area contributed by atoms with E-state index in [-0.39, 0.29) is 0 Å². The first-order chi connectivity index (χ1) is 8.22. The zero-order valence-corrected chi connectivity index (χ0v) is 10.5. The quantitative estimate of drug-likeness (QED) is 0.728. The summed E-state index contributed by atoms with van der Waals surface area (Å²) in [6.45, 7) is 8.60. The topological polar surface area (TPSA) is 21.3 Å². The molecule has 1 aromatic rings. The highest BCUT2D eigenvalue weighted by Crippen LogP contribution is 2.44. The van der Waals surface area contributed by atoms with Crippen molar-refractivity contribution in [3.63, 3.8) is 0 Å². The Hall–Kier alpha value is -1.28. The van der Waals surface area contributed by atoms with Crippen molar-refractivity contribution in [3.8, 4) is 5.75 Å². The molecule has 0 aliphatic heterocycles. The van der Waals surface area contributed by atoms with Gasteiger partial charge in [-0.2, -0.15) is 0 Å². The second-order valence-corrected chi connectivity index (χ2v) is 5.16. The monoisotopic (exact) mass is 231 g/mol. The second kappa shape index (κ2) is 5.37. The van der Waals surface area contributed by atoms with Gasteiger partial charge in [0.05, 0.1) is 0 Å². The Labute approximate surface area is 104 Å². The van der Waals surface area contributed by atoms with Gasteiger partial charge in [-0.15, -0.1) is 0 Å². The Morgan fingerprint density at radius 2 is 2.06 bits per heavy atom. The molecule has 1 saturated carbocycles. The van der Waals surface area contributed by atoms with Crippen LogP contribution in [0, 0.1) is 5.41 Å². The first-order valence-electron chi connectivity index (χ1n) is 6.25. The number of benzene rings is 1. The fourth-order valence-electron chi connectivity index (χ4n) is 1.76. The molecule has 1 N–H and O–H groups in total. The molecule has 1 aliphatic rings. The van der Waals surface area contributed by atoms with Crippen LogP contribution in [0.4, 0.5) is 0 Å². The first kappa shape index (κ1) is 12.2. The van der Waals surface area contributed by atoms with Crippen molar-refractivity contribution in [2.75, 3.05) is 13.2 Å². The van der Waals surface area contributed by atoms with Crippen LogP contribution >= 0.6 is 0 Å². The summed E-state index contributed by atoms with van der Waals surface area (Å²) < 4.78 is 5.44. The Morgan fingerprint density at radius 3 is 2.65 bits per heavy atom. The van der Waals surface area contributed by atoms with Crippen LogP contribution in [-0.2, 0) is 6.54 Å². The van der Waals surface area contributed by atoms with Gasteiger partial charge < -0.3 is 10.1 Å². The molecule has 0 radical (unpaired) electrons. The average molecular weight is 231 g/mol. The Kier molecular flexibility index (Phi) is 3.85. The van der Waals surface area contributed by atoms with E-state index in [2.05, 4.69) is 31.0 Å². The van der Waals surface area contributed by atoms with Gasteiger partial charge in [0.25, 0.3) is 0 Å². The third-order valence-corrected chi connectivity index (χ3v) is 3.28. The largest absolute Gasteiger partial charge is 0.490 e. The number of ether oxygens (including phenoxy) is 1. The van der Waals surface area contributed by atoms with E-state index in [0.29, 0.717) is 12.0 Å². The van der Waals surface area contributed by atoms with E-state index in [1.807, 2.05) is 12.1 Å². The molecule has 0 amide bonds. The minimum absolute atomic E-state index is 0.565. The Morgan fingerprint density at radius 1 is 1.35 bits per heavy atom. The minimum atomic E-state index is 0.565. The van der Waals surface area contributed by atoms with Crippen molar-refractivity contribution >= 4 is 0 Å². The summed E-state index contributed by atoms with van der Waals surface area (Å²) in [5.41, 5.74) is 1.88. The van der Waals surface area contributed by atoms with Crippen LogP contribution in [0.2, 0.25) is 0 Å². The molecule has 0 heterocycles. The van der Waals surface area contributed by atoms with Crippen molar-refractivity contribution in [2.45, 2.75) is 26.3 Å². The molecule has 2 nitrogen and oxygen atoms in total. The van der Waals surface area contributed by atoms with Crippen LogP contribution < -0.4 is 10.1 Å². The van der Waals surface area contributed by atoms with Crippen LogP contribution in [-0.4, -0.2) is 13.2 Å². The van der Waals surface area contributed by atoms with Gasteiger partial charge in [-0.25, -0.2) is 0 Å². The first-order valence-corrected chi connectivity index (χ1v) is 6.25. The van der Waals surface area contributed by atoms with Gasteiger partial charge in [-0.1, -0.05) is 31.7 Å². The molecule has 2 rings (SSSR count). The smallest absolute Gasteiger partial charge is 0.119 e. The Bertz CT molecular complexity index is 365. The lowest BCUT2D eigenvalue weighted by atomic mass is 10.1. The molecule has 1 aromatic carbocycles. The highest BCUT2D eigenvalue weighted by atomic mass is 16.5. The van der Waals surface area contributed by atoms with Gasteiger partial charge in [0.15, 0.2) is 0 Å². The van der Waals surface area contributed by atoms with Crippen molar-refractivity contribution in [1.29, 1.82) is 0 Å². The van der Waals surface area contributed by atoms with E-state index in [1.165, 1.54) is 18.4 Å². The molecule has 92 valence electrons. The third kappa shape index (κ3) is 3.90. The number of hydrogen-bond acceptors (Lipinski definition) is 2. The molecule has 0 unspecified atom stereocenters. The van der Waals surface area contributed by atoms with Crippen molar-refractivity contribution in [3.05, 3.63) is 42.5 Å². The molecule has 0 bridgehead atoms. The Balaban J connectivity index is 1.75. The maximum Gasteiger partial charge on any atom is 0.119 e. The van der Waals surface area contributed by atoms with Crippen LogP contribution in [0.15, 0.2) is 36.9 Å². The van der Waals surface area contributed by atoms with E-state index in [0.717, 1.165) is 18.8 Å². The zero-order valence-electron chi connectivity index (χ0n) is 10.5. The van der Waals surface area contributed by atoms with Gasteiger partial charge in [0.2, 0.25) is 0 Å². The van der Waals surface area contributed by atoms with Crippen LogP contribution in [0.3, 0.4) is 0 Å².